The van der Waals surface area contributed by atoms with Crippen LogP contribution in [-0.4, -0.2) is 4.98 Å². The second kappa shape index (κ2) is 4.74. The lowest BCUT2D eigenvalue weighted by Crippen LogP contribution is -1.87. The van der Waals surface area contributed by atoms with E-state index in [1.165, 1.54) is 16.3 Å². The maximum absolute atomic E-state index is 6.14. The number of fused-ring (bicyclic) bond motifs is 3. The minimum absolute atomic E-state index is 0.936. The van der Waals surface area contributed by atoms with Crippen molar-refractivity contribution in [3.05, 3.63) is 66.4 Å². The van der Waals surface area contributed by atoms with E-state index in [4.69, 9.17) is 4.42 Å². The third-order valence-electron chi connectivity index (χ3n) is 3.93. The van der Waals surface area contributed by atoms with Gasteiger partial charge in [-0.25, -0.2) is 0 Å². The number of furan rings is 1. The van der Waals surface area contributed by atoms with Gasteiger partial charge in [0, 0.05) is 22.5 Å². The Labute approximate surface area is 123 Å². The second-order valence-corrected chi connectivity index (χ2v) is 5.14. The molecule has 2 heterocycles. The monoisotopic (exact) mass is 273 g/mol. The van der Waals surface area contributed by atoms with Gasteiger partial charge in [0.2, 0.25) is 0 Å². The van der Waals surface area contributed by atoms with Crippen molar-refractivity contribution in [3.63, 3.8) is 0 Å². The third-order valence-corrected chi connectivity index (χ3v) is 3.93. The van der Waals surface area contributed by atoms with E-state index in [1.54, 1.807) is 0 Å². The van der Waals surface area contributed by atoms with Crippen molar-refractivity contribution in [1.82, 2.24) is 4.98 Å². The average molecular weight is 273 g/mol. The molecule has 2 aromatic heterocycles. The summed E-state index contributed by atoms with van der Waals surface area (Å²) < 4.78 is 6.14. The zero-order chi connectivity index (χ0) is 14.2. The first kappa shape index (κ1) is 12.2. The molecule has 0 aliphatic carbocycles. The number of aryl methyl sites for hydroxylation is 1. The fourth-order valence-corrected chi connectivity index (χ4v) is 2.92. The molecule has 0 saturated heterocycles. The lowest BCUT2D eigenvalue weighted by molar-refractivity contribution is 0.669. The van der Waals surface area contributed by atoms with Gasteiger partial charge in [-0.2, -0.15) is 0 Å². The van der Waals surface area contributed by atoms with E-state index in [9.17, 15) is 0 Å². The molecule has 0 saturated carbocycles. The largest absolute Gasteiger partial charge is 0.455 e. The molecule has 4 aromatic rings. The highest BCUT2D eigenvalue weighted by molar-refractivity contribution is 6.10. The number of aromatic nitrogens is 1. The Hall–Kier alpha value is -2.61. The van der Waals surface area contributed by atoms with Crippen LogP contribution in [-0.2, 0) is 6.42 Å². The molecule has 2 aromatic carbocycles. The topological polar surface area (TPSA) is 26.0 Å². The minimum atomic E-state index is 0.936. The summed E-state index contributed by atoms with van der Waals surface area (Å²) in [5.41, 5.74) is 5.19. The van der Waals surface area contributed by atoms with Gasteiger partial charge >= 0.3 is 0 Å². The number of hydrogen-bond donors (Lipinski definition) is 0. The van der Waals surface area contributed by atoms with Crippen molar-refractivity contribution in [2.75, 3.05) is 0 Å². The summed E-state index contributed by atoms with van der Waals surface area (Å²) in [6.45, 7) is 2.18. The van der Waals surface area contributed by atoms with Gasteiger partial charge in [-0.3, -0.25) is 4.98 Å². The lowest BCUT2D eigenvalue weighted by atomic mass is 10.00. The maximum atomic E-state index is 6.14. The molecule has 102 valence electrons. The molecule has 0 spiro atoms. The van der Waals surface area contributed by atoms with Crippen LogP contribution in [0.1, 0.15) is 12.5 Å². The Bertz CT molecular complexity index is 922. The SMILES string of the molecule is CCc1ccc(-c2ccccn2)c2oc3ccccc3c12. The van der Waals surface area contributed by atoms with Crippen molar-refractivity contribution in [3.8, 4) is 11.3 Å². The standard InChI is InChI=1S/C19H15NO/c1-2-13-10-11-14(16-8-5-6-12-20-16)19-18(13)15-7-3-4-9-17(15)21-19/h3-12H,2H2,1H3. The van der Waals surface area contributed by atoms with Gasteiger partial charge in [0.1, 0.15) is 11.2 Å². The van der Waals surface area contributed by atoms with Gasteiger partial charge in [-0.05, 0) is 36.2 Å². The number of nitrogens with zero attached hydrogens (tertiary/aromatic N) is 1. The predicted octanol–water partition coefficient (Wildman–Crippen LogP) is 5.21. The minimum Gasteiger partial charge on any atom is -0.455 e. The fourth-order valence-electron chi connectivity index (χ4n) is 2.92. The molecule has 0 atom stereocenters. The fraction of sp³-hybridized carbons (Fsp3) is 0.105. The smallest absolute Gasteiger partial charge is 0.145 e. The summed E-state index contributed by atoms with van der Waals surface area (Å²) >= 11 is 0. The molecule has 21 heavy (non-hydrogen) atoms. The number of rotatable bonds is 2. The quantitative estimate of drug-likeness (QED) is 0.501. The van der Waals surface area contributed by atoms with E-state index in [0.717, 1.165) is 28.8 Å². The summed E-state index contributed by atoms with van der Waals surface area (Å²) in [4.78, 5) is 4.46. The molecule has 0 unspecified atom stereocenters. The lowest BCUT2D eigenvalue weighted by Gasteiger charge is -2.05. The normalized spacial score (nSPS) is 11.3. The first-order valence-corrected chi connectivity index (χ1v) is 7.23. The first-order valence-electron chi connectivity index (χ1n) is 7.23. The van der Waals surface area contributed by atoms with Crippen molar-refractivity contribution in [2.45, 2.75) is 13.3 Å². The molecule has 4 rings (SSSR count). The van der Waals surface area contributed by atoms with Gasteiger partial charge in [-0.1, -0.05) is 37.3 Å². The number of hydrogen-bond acceptors (Lipinski definition) is 2. The van der Waals surface area contributed by atoms with Crippen LogP contribution in [0.2, 0.25) is 0 Å². The zero-order valence-corrected chi connectivity index (χ0v) is 11.8. The summed E-state index contributed by atoms with van der Waals surface area (Å²) in [7, 11) is 0. The van der Waals surface area contributed by atoms with Crippen molar-refractivity contribution >= 4 is 21.9 Å². The van der Waals surface area contributed by atoms with Gasteiger partial charge in [-0.15, -0.1) is 0 Å². The van der Waals surface area contributed by atoms with E-state index in [1.807, 2.05) is 36.5 Å². The van der Waals surface area contributed by atoms with Crippen LogP contribution in [0.3, 0.4) is 0 Å². The second-order valence-electron chi connectivity index (χ2n) is 5.14. The highest BCUT2D eigenvalue weighted by Crippen LogP contribution is 2.37. The van der Waals surface area contributed by atoms with Crippen LogP contribution in [0.4, 0.5) is 0 Å². The predicted molar refractivity (Wildman–Crippen MR) is 86.3 cm³/mol. The van der Waals surface area contributed by atoms with Crippen LogP contribution in [0.15, 0.2) is 65.2 Å². The maximum Gasteiger partial charge on any atom is 0.145 e. The summed E-state index contributed by atoms with van der Waals surface area (Å²) in [5.74, 6) is 0. The zero-order valence-electron chi connectivity index (χ0n) is 11.8. The van der Waals surface area contributed by atoms with E-state index >= 15 is 0 Å². The Morgan fingerprint density at radius 3 is 2.62 bits per heavy atom. The Balaban J connectivity index is 2.15. The van der Waals surface area contributed by atoms with Gasteiger partial charge in [0.05, 0.1) is 5.69 Å². The summed E-state index contributed by atoms with van der Waals surface area (Å²) in [6, 6.07) is 18.5. The van der Waals surface area contributed by atoms with E-state index in [-0.39, 0.29) is 0 Å². The molecular formula is C19H15NO. The first-order chi connectivity index (χ1) is 10.4. The van der Waals surface area contributed by atoms with Gasteiger partial charge < -0.3 is 4.42 Å². The van der Waals surface area contributed by atoms with E-state index < -0.39 is 0 Å². The average Bonchev–Trinajstić information content (AvgIpc) is 2.94. The molecule has 2 nitrogen and oxygen atoms in total. The van der Waals surface area contributed by atoms with E-state index in [0.29, 0.717) is 0 Å². The Kier molecular flexibility index (Phi) is 2.74. The van der Waals surface area contributed by atoms with Crippen molar-refractivity contribution in [2.24, 2.45) is 0 Å². The van der Waals surface area contributed by atoms with Crippen LogP contribution >= 0.6 is 0 Å². The van der Waals surface area contributed by atoms with Crippen LogP contribution in [0.5, 0.6) is 0 Å². The number of para-hydroxylation sites is 1. The molecule has 0 aliphatic rings. The molecule has 0 fully saturated rings. The van der Waals surface area contributed by atoms with E-state index in [2.05, 4.69) is 36.2 Å². The molecule has 0 amide bonds. The van der Waals surface area contributed by atoms with Crippen LogP contribution in [0, 0.1) is 0 Å². The van der Waals surface area contributed by atoms with Crippen LogP contribution in [0.25, 0.3) is 33.2 Å². The summed E-state index contributed by atoms with van der Waals surface area (Å²) in [5, 5.41) is 2.40. The third kappa shape index (κ3) is 1.83. The number of benzene rings is 2. The van der Waals surface area contributed by atoms with Gasteiger partial charge in [0.25, 0.3) is 0 Å². The van der Waals surface area contributed by atoms with Crippen LogP contribution < -0.4 is 0 Å². The van der Waals surface area contributed by atoms with Gasteiger partial charge in [0.15, 0.2) is 0 Å². The Morgan fingerprint density at radius 1 is 0.952 bits per heavy atom. The van der Waals surface area contributed by atoms with Crippen molar-refractivity contribution in [1.29, 1.82) is 0 Å². The highest BCUT2D eigenvalue weighted by atomic mass is 16.3. The molecule has 0 aliphatic heterocycles. The summed E-state index contributed by atoms with van der Waals surface area (Å²) in [6.07, 6.45) is 2.81. The highest BCUT2D eigenvalue weighted by Gasteiger charge is 2.15. The molecule has 2 heteroatoms. The molecule has 0 radical (unpaired) electrons. The van der Waals surface area contributed by atoms with Crippen molar-refractivity contribution < 1.29 is 4.42 Å². The number of pyridine rings is 1. The molecular weight excluding hydrogens is 258 g/mol. The molecule has 0 N–H and O–H groups in total. The Morgan fingerprint density at radius 2 is 1.81 bits per heavy atom. The molecule has 0 bridgehead atoms.